The number of aromatic nitrogens is 4. The Balaban J connectivity index is 1.52. The molecule has 1 fully saturated rings. The molecule has 0 radical (unpaired) electrons. The molecule has 14 nitrogen and oxygen atoms in total. The molecular weight excluding hydrogens is 529 g/mol. The summed E-state index contributed by atoms with van der Waals surface area (Å²) in [7, 11) is -2.44. The number of rotatable bonds is 11. The lowest BCUT2D eigenvalue weighted by Crippen LogP contribution is -2.37. The number of aliphatic hydroxyl groups excluding tert-OH is 1. The van der Waals surface area contributed by atoms with Gasteiger partial charge in [0.1, 0.15) is 24.1 Å². The summed E-state index contributed by atoms with van der Waals surface area (Å²) >= 11 is 0. The normalized spacial score (nSPS) is 23.5. The predicted molar refractivity (Wildman–Crippen MR) is 143 cm³/mol. The maximum absolute atomic E-state index is 13.8. The van der Waals surface area contributed by atoms with Crippen molar-refractivity contribution in [3.05, 3.63) is 36.7 Å². The molecule has 0 bridgehead atoms. The van der Waals surface area contributed by atoms with Gasteiger partial charge in [0.15, 0.2) is 17.0 Å². The van der Waals surface area contributed by atoms with Crippen molar-refractivity contribution < 1.29 is 33.0 Å². The third-order valence-corrected chi connectivity index (χ3v) is 7.71. The van der Waals surface area contributed by atoms with Gasteiger partial charge in [-0.25, -0.2) is 9.55 Å². The summed E-state index contributed by atoms with van der Waals surface area (Å²) < 4.78 is 38.1. The number of para-hydroxylation sites is 1. The average molecular weight is 564 g/mol. The molecule has 1 aromatic carbocycles. The SMILES string of the molecule is CNc1nc(N)nc2c1ncn2[C@@H]1O[C@H](CO[P@@](=O)(N[C@@H](C)C(=O)OC(C)C)Oc2ccccc2)[C@@H](O)[C@@H]1C. The Morgan fingerprint density at radius 1 is 1.26 bits per heavy atom. The molecule has 0 spiro atoms. The highest BCUT2D eigenvalue weighted by molar-refractivity contribution is 7.52. The molecule has 0 unspecified atom stereocenters. The summed E-state index contributed by atoms with van der Waals surface area (Å²) in [5, 5.41) is 16.5. The summed E-state index contributed by atoms with van der Waals surface area (Å²) in [6, 6.07) is 7.38. The maximum atomic E-state index is 13.8. The number of imidazole rings is 1. The van der Waals surface area contributed by atoms with Crippen molar-refractivity contribution in [2.24, 2.45) is 5.92 Å². The number of hydrogen-bond donors (Lipinski definition) is 4. The lowest BCUT2D eigenvalue weighted by Gasteiger charge is -2.25. The molecule has 0 saturated carbocycles. The van der Waals surface area contributed by atoms with Crippen LogP contribution in [0, 0.1) is 5.92 Å². The number of fused-ring (bicyclic) bond motifs is 1. The zero-order chi connectivity index (χ0) is 28.3. The number of benzene rings is 1. The number of esters is 1. The van der Waals surface area contributed by atoms with Gasteiger partial charge in [-0.3, -0.25) is 13.9 Å². The van der Waals surface area contributed by atoms with E-state index in [2.05, 4.69) is 25.4 Å². The number of anilines is 2. The topological polar surface area (TPSA) is 185 Å². The Morgan fingerprint density at radius 2 is 1.97 bits per heavy atom. The van der Waals surface area contributed by atoms with Crippen LogP contribution < -0.4 is 20.7 Å². The van der Waals surface area contributed by atoms with E-state index in [0.717, 1.165) is 0 Å². The Labute approximate surface area is 225 Å². The molecule has 6 atom stereocenters. The van der Waals surface area contributed by atoms with Gasteiger partial charge in [0.05, 0.1) is 25.1 Å². The Hall–Kier alpha value is -3.29. The lowest BCUT2D eigenvalue weighted by molar-refractivity contribution is -0.149. The maximum Gasteiger partial charge on any atom is 0.459 e. The van der Waals surface area contributed by atoms with Gasteiger partial charge in [0.25, 0.3) is 0 Å². The van der Waals surface area contributed by atoms with E-state index in [1.165, 1.54) is 13.3 Å². The second-order valence-corrected chi connectivity index (χ2v) is 11.1. The van der Waals surface area contributed by atoms with Crippen molar-refractivity contribution in [1.29, 1.82) is 0 Å². The number of aliphatic hydroxyl groups is 1. The van der Waals surface area contributed by atoms with Crippen molar-refractivity contribution in [2.45, 2.75) is 58.3 Å². The van der Waals surface area contributed by atoms with E-state index < -0.39 is 44.1 Å². The first-order valence-electron chi connectivity index (χ1n) is 12.5. The summed E-state index contributed by atoms with van der Waals surface area (Å²) in [4.78, 5) is 25.2. The summed E-state index contributed by atoms with van der Waals surface area (Å²) in [5.41, 5.74) is 6.78. The van der Waals surface area contributed by atoms with Crippen molar-refractivity contribution in [3.63, 3.8) is 0 Å². The largest absolute Gasteiger partial charge is 0.462 e. The van der Waals surface area contributed by atoms with E-state index in [0.29, 0.717) is 17.0 Å². The van der Waals surface area contributed by atoms with Gasteiger partial charge in [-0.15, -0.1) is 0 Å². The highest BCUT2D eigenvalue weighted by atomic mass is 31.2. The first kappa shape index (κ1) is 28.7. The van der Waals surface area contributed by atoms with Crippen molar-refractivity contribution in [1.82, 2.24) is 24.6 Å². The summed E-state index contributed by atoms with van der Waals surface area (Å²) in [6.45, 7) is 6.40. The molecule has 3 aromatic rings. The van der Waals surface area contributed by atoms with E-state index in [1.54, 1.807) is 62.7 Å². The second kappa shape index (κ2) is 11.8. The Kier molecular flexibility index (Phi) is 8.72. The zero-order valence-corrected chi connectivity index (χ0v) is 23.2. The molecule has 3 heterocycles. The fraction of sp³-hybridized carbons (Fsp3) is 0.500. The molecule has 0 amide bonds. The van der Waals surface area contributed by atoms with Gasteiger partial charge in [-0.2, -0.15) is 15.1 Å². The molecule has 1 aliphatic rings. The first-order chi connectivity index (χ1) is 18.5. The van der Waals surface area contributed by atoms with Crippen LogP contribution in [0.2, 0.25) is 0 Å². The van der Waals surface area contributed by atoms with Crippen molar-refractivity contribution in [3.8, 4) is 5.75 Å². The number of carbonyl (C=O) groups is 1. The fourth-order valence-corrected chi connectivity index (χ4v) is 5.65. The van der Waals surface area contributed by atoms with E-state index in [-0.39, 0.29) is 24.4 Å². The van der Waals surface area contributed by atoms with Crippen LogP contribution >= 0.6 is 7.75 Å². The van der Waals surface area contributed by atoms with Crippen LogP contribution in [0.5, 0.6) is 5.75 Å². The highest BCUT2D eigenvalue weighted by Crippen LogP contribution is 2.46. The Morgan fingerprint density at radius 3 is 2.64 bits per heavy atom. The van der Waals surface area contributed by atoms with E-state index in [9.17, 15) is 14.5 Å². The lowest BCUT2D eigenvalue weighted by atomic mass is 10.0. The number of nitrogens with zero attached hydrogens (tertiary/aromatic N) is 4. The molecule has 1 saturated heterocycles. The van der Waals surface area contributed by atoms with E-state index >= 15 is 0 Å². The van der Waals surface area contributed by atoms with Gasteiger partial charge in [0, 0.05) is 13.0 Å². The molecule has 212 valence electrons. The van der Waals surface area contributed by atoms with Gasteiger partial charge < -0.3 is 30.2 Å². The number of nitrogens with two attached hydrogens (primary N) is 1. The quantitative estimate of drug-likeness (QED) is 0.197. The van der Waals surface area contributed by atoms with Crippen LogP contribution in [0.4, 0.5) is 11.8 Å². The molecule has 2 aromatic heterocycles. The minimum atomic E-state index is -4.14. The van der Waals surface area contributed by atoms with Crippen LogP contribution in [-0.2, 0) is 23.4 Å². The standard InChI is InChI=1S/C24H34N7O7P/c1-13(2)36-23(33)15(4)30-39(34,38-16-9-7-6-8-10-16)35-11-17-19(32)14(3)22(37-17)31-12-27-18-20(26-5)28-24(25)29-21(18)31/h6-10,12-15,17,19,22,32H,11H2,1-5H3,(H,30,34)(H3,25,26,28,29)/t14-,15-,17+,19-,22+,39-/m0/s1. The van der Waals surface area contributed by atoms with Crippen LogP contribution in [0.25, 0.3) is 11.2 Å². The number of nitrogen functional groups attached to an aromatic ring is 1. The van der Waals surface area contributed by atoms with Crippen LogP contribution in [0.3, 0.4) is 0 Å². The third kappa shape index (κ3) is 6.48. The Bertz CT molecular complexity index is 1340. The van der Waals surface area contributed by atoms with Crippen LogP contribution in [0.15, 0.2) is 36.7 Å². The summed E-state index contributed by atoms with van der Waals surface area (Å²) in [5.74, 6) is -0.273. The average Bonchev–Trinajstić information content (AvgIpc) is 3.42. The monoisotopic (exact) mass is 563 g/mol. The first-order valence-corrected chi connectivity index (χ1v) is 14.0. The van der Waals surface area contributed by atoms with Crippen LogP contribution in [0.1, 0.15) is 33.9 Å². The van der Waals surface area contributed by atoms with Gasteiger partial charge in [0.2, 0.25) is 5.95 Å². The molecule has 0 aliphatic carbocycles. The third-order valence-electron chi connectivity index (χ3n) is 6.07. The van der Waals surface area contributed by atoms with Crippen LogP contribution in [-0.4, -0.2) is 68.6 Å². The van der Waals surface area contributed by atoms with Gasteiger partial charge in [-0.05, 0) is 32.9 Å². The highest BCUT2D eigenvalue weighted by Gasteiger charge is 2.44. The minimum absolute atomic E-state index is 0.0508. The number of ether oxygens (including phenoxy) is 2. The molecule has 5 N–H and O–H groups in total. The molecule has 4 rings (SSSR count). The molecule has 1 aliphatic heterocycles. The fourth-order valence-electron chi connectivity index (χ4n) is 4.15. The minimum Gasteiger partial charge on any atom is -0.462 e. The van der Waals surface area contributed by atoms with Gasteiger partial charge >= 0.3 is 13.7 Å². The predicted octanol–water partition coefficient (Wildman–Crippen LogP) is 2.48. The molecule has 15 heteroatoms. The molecular formula is C24H34N7O7P. The second-order valence-electron chi connectivity index (χ2n) is 9.45. The number of nitrogens with one attached hydrogen (secondary N) is 2. The van der Waals surface area contributed by atoms with E-state index in [4.69, 9.17) is 24.3 Å². The van der Waals surface area contributed by atoms with E-state index in [1.807, 2.05) is 0 Å². The zero-order valence-electron chi connectivity index (χ0n) is 22.3. The number of hydrogen-bond acceptors (Lipinski definition) is 12. The molecule has 39 heavy (non-hydrogen) atoms. The number of carbonyl (C=O) groups excluding carboxylic acids is 1. The smallest absolute Gasteiger partial charge is 0.459 e. The van der Waals surface area contributed by atoms with Crippen molar-refractivity contribution >= 4 is 36.6 Å². The van der Waals surface area contributed by atoms with Crippen molar-refractivity contribution in [2.75, 3.05) is 24.7 Å². The van der Waals surface area contributed by atoms with Gasteiger partial charge in [-0.1, -0.05) is 25.1 Å². The summed E-state index contributed by atoms with van der Waals surface area (Å²) in [6.07, 6.45) is -1.40.